The first-order valence-electron chi connectivity index (χ1n) is 6.90. The van der Waals surface area contributed by atoms with Crippen LogP contribution in [0.4, 0.5) is 0 Å². The molecule has 3 rings (SSSR count). The monoisotopic (exact) mass is 268 g/mol. The zero-order chi connectivity index (χ0) is 13.5. The highest BCUT2D eigenvalue weighted by molar-refractivity contribution is 7.99. The van der Waals surface area contributed by atoms with Gasteiger partial charge in [-0.15, -0.1) is 0 Å². The summed E-state index contributed by atoms with van der Waals surface area (Å²) >= 11 is 1.92. The van der Waals surface area contributed by atoms with Crippen LogP contribution in [0.5, 0.6) is 0 Å². The lowest BCUT2D eigenvalue weighted by Crippen LogP contribution is -2.20. The Kier molecular flexibility index (Phi) is 3.18. The molecule has 1 atom stereocenters. The van der Waals surface area contributed by atoms with Gasteiger partial charge in [0.05, 0.1) is 0 Å². The molecule has 0 spiro atoms. The van der Waals surface area contributed by atoms with Crippen LogP contribution in [0.1, 0.15) is 37.8 Å². The smallest absolute Gasteiger partial charge is 0.0157 e. The second-order valence-electron chi connectivity index (χ2n) is 6.37. The quantitative estimate of drug-likeness (QED) is 0.606. The average Bonchev–Trinajstić information content (AvgIpc) is 2.54. The highest BCUT2D eigenvalue weighted by Crippen LogP contribution is 2.47. The molecule has 0 fully saturated rings. The molecule has 0 saturated heterocycles. The molecule has 0 N–H and O–H groups in total. The third-order valence-corrected chi connectivity index (χ3v) is 5.17. The number of hydrogen-bond donors (Lipinski definition) is 0. The summed E-state index contributed by atoms with van der Waals surface area (Å²) in [6, 6.07) is 17.7. The molecule has 0 amide bonds. The van der Waals surface area contributed by atoms with Crippen molar-refractivity contribution in [2.24, 2.45) is 5.41 Å². The van der Waals surface area contributed by atoms with Crippen LogP contribution in [0.15, 0.2) is 58.3 Å². The first-order valence-corrected chi connectivity index (χ1v) is 7.72. The van der Waals surface area contributed by atoms with Crippen LogP contribution >= 0.6 is 11.8 Å². The van der Waals surface area contributed by atoms with Gasteiger partial charge in [0.15, 0.2) is 0 Å². The summed E-state index contributed by atoms with van der Waals surface area (Å²) in [4.78, 5) is 2.84. The maximum absolute atomic E-state index is 2.35. The van der Waals surface area contributed by atoms with Crippen molar-refractivity contribution in [1.29, 1.82) is 0 Å². The van der Waals surface area contributed by atoms with Crippen molar-refractivity contribution in [3.8, 4) is 0 Å². The first kappa shape index (κ1) is 12.8. The van der Waals surface area contributed by atoms with Crippen molar-refractivity contribution in [2.75, 3.05) is 0 Å². The van der Waals surface area contributed by atoms with Gasteiger partial charge in [0.25, 0.3) is 0 Å². The van der Waals surface area contributed by atoms with Crippen molar-refractivity contribution in [3.63, 3.8) is 0 Å². The average molecular weight is 268 g/mol. The Bertz CT molecular complexity index is 593. The fraction of sp³-hybridized carbons (Fsp3) is 0.333. The standard InChI is InChI=1S/C18H20S/c1-18(2,3)15-12-13-8-4-6-10-16(13)19-17-11-7-5-9-14(15)17/h4-11,15H,12H2,1-3H3. The van der Waals surface area contributed by atoms with Crippen LogP contribution in [-0.4, -0.2) is 0 Å². The highest BCUT2D eigenvalue weighted by atomic mass is 32.2. The summed E-state index contributed by atoms with van der Waals surface area (Å²) in [5.74, 6) is 0.583. The molecule has 1 heteroatoms. The Balaban J connectivity index is 2.17. The van der Waals surface area contributed by atoms with E-state index in [0.717, 1.165) is 6.42 Å². The van der Waals surface area contributed by atoms with Gasteiger partial charge in [0.1, 0.15) is 0 Å². The fourth-order valence-electron chi connectivity index (χ4n) is 2.85. The van der Waals surface area contributed by atoms with E-state index in [1.165, 1.54) is 20.9 Å². The van der Waals surface area contributed by atoms with E-state index in [1.807, 2.05) is 11.8 Å². The van der Waals surface area contributed by atoms with Crippen molar-refractivity contribution >= 4 is 11.8 Å². The number of benzene rings is 2. The van der Waals surface area contributed by atoms with E-state index < -0.39 is 0 Å². The largest absolute Gasteiger partial charge is 0.0895 e. The molecular formula is C18H20S. The predicted molar refractivity (Wildman–Crippen MR) is 82.9 cm³/mol. The maximum atomic E-state index is 2.35. The molecule has 0 aromatic heterocycles. The molecule has 1 aliphatic rings. The van der Waals surface area contributed by atoms with Crippen LogP contribution in [0, 0.1) is 5.41 Å². The third kappa shape index (κ3) is 2.44. The summed E-state index contributed by atoms with van der Waals surface area (Å²) in [6.07, 6.45) is 1.14. The van der Waals surface area contributed by atoms with Crippen LogP contribution < -0.4 is 0 Å². The van der Waals surface area contributed by atoms with Gasteiger partial charge in [0, 0.05) is 9.79 Å². The van der Waals surface area contributed by atoms with Crippen molar-refractivity contribution in [2.45, 2.75) is 42.9 Å². The lowest BCUT2D eigenvalue weighted by Gasteiger charge is -2.31. The van der Waals surface area contributed by atoms with Crippen molar-refractivity contribution in [3.05, 3.63) is 59.7 Å². The summed E-state index contributed by atoms with van der Waals surface area (Å²) in [5, 5.41) is 0. The molecule has 2 aromatic carbocycles. The van der Waals surface area contributed by atoms with E-state index in [9.17, 15) is 0 Å². The zero-order valence-electron chi connectivity index (χ0n) is 11.8. The fourth-order valence-corrected chi connectivity index (χ4v) is 4.00. The van der Waals surface area contributed by atoms with Gasteiger partial charge in [-0.1, -0.05) is 68.9 Å². The lowest BCUT2D eigenvalue weighted by atomic mass is 9.73. The SMILES string of the molecule is CC(C)(C)C1Cc2ccccc2Sc2ccccc21. The van der Waals surface area contributed by atoms with Crippen LogP contribution in [-0.2, 0) is 6.42 Å². The van der Waals surface area contributed by atoms with Gasteiger partial charge in [0.2, 0.25) is 0 Å². The van der Waals surface area contributed by atoms with E-state index in [2.05, 4.69) is 69.3 Å². The highest BCUT2D eigenvalue weighted by Gasteiger charge is 2.31. The van der Waals surface area contributed by atoms with Gasteiger partial charge in [-0.05, 0) is 41.0 Å². The summed E-state index contributed by atoms with van der Waals surface area (Å²) < 4.78 is 0. The third-order valence-electron chi connectivity index (χ3n) is 3.96. The second-order valence-corrected chi connectivity index (χ2v) is 7.45. The molecule has 0 saturated carbocycles. The Labute approximate surface area is 120 Å². The molecule has 2 aromatic rings. The Morgan fingerprint density at radius 3 is 2.26 bits per heavy atom. The molecule has 0 radical (unpaired) electrons. The Morgan fingerprint density at radius 1 is 0.895 bits per heavy atom. The van der Waals surface area contributed by atoms with E-state index in [1.54, 1.807) is 0 Å². The first-order chi connectivity index (χ1) is 9.05. The molecule has 0 aliphatic carbocycles. The second kappa shape index (κ2) is 4.72. The summed E-state index contributed by atoms with van der Waals surface area (Å²) in [7, 11) is 0. The number of hydrogen-bond acceptors (Lipinski definition) is 1. The van der Waals surface area contributed by atoms with E-state index in [4.69, 9.17) is 0 Å². The van der Waals surface area contributed by atoms with Gasteiger partial charge in [-0.2, -0.15) is 0 Å². The lowest BCUT2D eigenvalue weighted by molar-refractivity contribution is 0.314. The zero-order valence-corrected chi connectivity index (χ0v) is 12.6. The topological polar surface area (TPSA) is 0 Å². The van der Waals surface area contributed by atoms with E-state index >= 15 is 0 Å². The molecule has 0 bridgehead atoms. The Hall–Kier alpha value is -1.21. The van der Waals surface area contributed by atoms with Gasteiger partial charge in [-0.3, -0.25) is 0 Å². The van der Waals surface area contributed by atoms with E-state index in [0.29, 0.717) is 5.92 Å². The Morgan fingerprint density at radius 2 is 1.53 bits per heavy atom. The van der Waals surface area contributed by atoms with Crippen molar-refractivity contribution < 1.29 is 0 Å². The number of fused-ring (bicyclic) bond motifs is 2. The van der Waals surface area contributed by atoms with Crippen LogP contribution in [0.25, 0.3) is 0 Å². The van der Waals surface area contributed by atoms with Crippen LogP contribution in [0.2, 0.25) is 0 Å². The minimum absolute atomic E-state index is 0.286. The molecule has 1 aliphatic heterocycles. The molecule has 0 nitrogen and oxygen atoms in total. The number of rotatable bonds is 0. The van der Waals surface area contributed by atoms with Gasteiger partial charge in [-0.25, -0.2) is 0 Å². The molecular weight excluding hydrogens is 248 g/mol. The maximum Gasteiger partial charge on any atom is 0.0157 e. The molecule has 98 valence electrons. The molecule has 1 heterocycles. The summed E-state index contributed by atoms with van der Waals surface area (Å²) in [5.41, 5.74) is 3.29. The predicted octanol–water partition coefficient (Wildman–Crippen LogP) is 5.52. The van der Waals surface area contributed by atoms with Gasteiger partial charge < -0.3 is 0 Å². The minimum Gasteiger partial charge on any atom is -0.0895 e. The normalized spacial score (nSPS) is 18.4. The van der Waals surface area contributed by atoms with Crippen LogP contribution in [0.3, 0.4) is 0 Å². The molecule has 1 unspecified atom stereocenters. The molecule has 19 heavy (non-hydrogen) atoms. The van der Waals surface area contributed by atoms with Crippen molar-refractivity contribution in [1.82, 2.24) is 0 Å². The minimum atomic E-state index is 0.286. The van der Waals surface area contributed by atoms with Gasteiger partial charge >= 0.3 is 0 Å². The van der Waals surface area contributed by atoms with E-state index in [-0.39, 0.29) is 5.41 Å². The summed E-state index contributed by atoms with van der Waals surface area (Å²) in [6.45, 7) is 7.06.